The molecular formula is C24H32NO3+. The summed E-state index contributed by atoms with van der Waals surface area (Å²) in [6.07, 6.45) is 1.32. The van der Waals surface area contributed by atoms with E-state index in [1.807, 2.05) is 36.4 Å². The molecule has 1 saturated heterocycles. The topological polar surface area (TPSA) is 46.5 Å². The Balaban J connectivity index is 1.92. The molecule has 0 aromatic heterocycles. The molecule has 4 heteroatoms. The lowest BCUT2D eigenvalue weighted by Gasteiger charge is -2.54. The van der Waals surface area contributed by atoms with Crippen LogP contribution in [0.15, 0.2) is 60.7 Å². The second kappa shape index (κ2) is 7.34. The molecule has 2 aromatic carbocycles. The molecule has 2 atom stereocenters. The minimum absolute atomic E-state index is 0.0276. The lowest BCUT2D eigenvalue weighted by molar-refractivity contribution is -0.965. The fourth-order valence-electron chi connectivity index (χ4n) is 4.20. The first kappa shape index (κ1) is 20.6. The van der Waals surface area contributed by atoms with E-state index in [9.17, 15) is 9.90 Å². The Morgan fingerprint density at radius 3 is 1.93 bits per heavy atom. The van der Waals surface area contributed by atoms with Gasteiger partial charge < -0.3 is 14.3 Å². The number of ether oxygens (including phenoxy) is 1. The summed E-state index contributed by atoms with van der Waals surface area (Å²) in [4.78, 5) is 13.3. The maximum atomic E-state index is 13.3. The summed E-state index contributed by atoms with van der Waals surface area (Å²) in [7, 11) is 4.46. The number of piperidine rings is 1. The number of likely N-dealkylation sites (tertiary alicyclic amines) is 1. The van der Waals surface area contributed by atoms with Crippen molar-refractivity contribution < 1.29 is 19.1 Å². The Bertz CT molecular complexity index is 775. The van der Waals surface area contributed by atoms with Crippen LogP contribution in [-0.4, -0.2) is 47.3 Å². The van der Waals surface area contributed by atoms with Gasteiger partial charge in [-0.2, -0.15) is 0 Å². The molecule has 0 bridgehead atoms. The van der Waals surface area contributed by atoms with Crippen molar-refractivity contribution in [2.24, 2.45) is 0 Å². The Morgan fingerprint density at radius 2 is 1.50 bits per heavy atom. The van der Waals surface area contributed by atoms with Crippen LogP contribution in [0.1, 0.15) is 44.7 Å². The van der Waals surface area contributed by atoms with Crippen molar-refractivity contribution in [3.05, 3.63) is 71.8 Å². The first-order valence-electron chi connectivity index (χ1n) is 9.97. The van der Waals surface area contributed by atoms with Gasteiger partial charge in [-0.25, -0.2) is 4.79 Å². The Labute approximate surface area is 168 Å². The van der Waals surface area contributed by atoms with E-state index in [-0.39, 0.29) is 11.6 Å². The number of aliphatic hydroxyl groups is 1. The van der Waals surface area contributed by atoms with Crippen molar-refractivity contribution in [1.29, 1.82) is 0 Å². The van der Waals surface area contributed by atoms with Crippen molar-refractivity contribution in [3.8, 4) is 0 Å². The normalized spacial score (nSPS) is 23.8. The highest BCUT2D eigenvalue weighted by Crippen LogP contribution is 2.39. The Hall–Kier alpha value is -2.17. The molecule has 0 spiro atoms. The fourth-order valence-corrected chi connectivity index (χ4v) is 4.20. The highest BCUT2D eigenvalue weighted by molar-refractivity contribution is 5.85. The zero-order chi connectivity index (χ0) is 20.6. The van der Waals surface area contributed by atoms with Gasteiger partial charge in [-0.05, 0) is 31.9 Å². The molecule has 0 amide bonds. The summed E-state index contributed by atoms with van der Waals surface area (Å²) in [5.74, 6) is -0.606. The largest absolute Gasteiger partial charge is 0.459 e. The van der Waals surface area contributed by atoms with Gasteiger partial charge in [0.15, 0.2) is 0 Å². The zero-order valence-electron chi connectivity index (χ0n) is 17.6. The van der Waals surface area contributed by atoms with Crippen molar-refractivity contribution >= 4 is 5.97 Å². The highest BCUT2D eigenvalue weighted by atomic mass is 16.6. The Morgan fingerprint density at radius 1 is 1.04 bits per heavy atom. The van der Waals surface area contributed by atoms with Crippen LogP contribution in [0.4, 0.5) is 0 Å². The summed E-state index contributed by atoms with van der Waals surface area (Å²) in [5, 5.41) is 11.6. The number of quaternary nitrogens is 1. The molecule has 0 aliphatic carbocycles. The maximum absolute atomic E-state index is 13.3. The zero-order valence-corrected chi connectivity index (χ0v) is 17.6. The summed E-state index contributed by atoms with van der Waals surface area (Å²) in [6, 6.07) is 18.4. The molecule has 2 aromatic rings. The molecule has 0 saturated carbocycles. The van der Waals surface area contributed by atoms with Crippen LogP contribution >= 0.6 is 0 Å². The lowest BCUT2D eigenvalue weighted by atomic mass is 9.82. The predicted molar refractivity (Wildman–Crippen MR) is 111 cm³/mol. The second-order valence-corrected chi connectivity index (χ2v) is 9.11. The van der Waals surface area contributed by atoms with Crippen LogP contribution in [0.3, 0.4) is 0 Å². The van der Waals surface area contributed by atoms with E-state index in [2.05, 4.69) is 34.9 Å². The Kier molecular flexibility index (Phi) is 5.39. The summed E-state index contributed by atoms with van der Waals surface area (Å²) < 4.78 is 6.84. The van der Waals surface area contributed by atoms with Crippen molar-refractivity contribution in [1.82, 2.24) is 0 Å². The number of esters is 1. The van der Waals surface area contributed by atoms with E-state index in [0.29, 0.717) is 17.2 Å². The standard InChI is InChI=1S/C24H32NO3/c1-18-16-21(17-23(2,3)25(18,4)5)28-22(26)24(27,19-12-8-6-9-13-19)20-14-10-7-11-15-20/h6-15,18,21,27H,16-17H2,1-5H3/q+1. The fraction of sp³-hybridized carbons (Fsp3) is 0.458. The average Bonchev–Trinajstić information content (AvgIpc) is 2.67. The molecule has 1 aliphatic rings. The van der Waals surface area contributed by atoms with Gasteiger partial charge in [0.1, 0.15) is 6.10 Å². The molecule has 1 N–H and O–H groups in total. The monoisotopic (exact) mass is 382 g/mol. The molecule has 1 aliphatic heterocycles. The smallest absolute Gasteiger partial charge is 0.347 e. The van der Waals surface area contributed by atoms with Crippen LogP contribution < -0.4 is 0 Å². The first-order valence-corrected chi connectivity index (χ1v) is 9.97. The lowest BCUT2D eigenvalue weighted by Crippen LogP contribution is -2.66. The second-order valence-electron chi connectivity index (χ2n) is 9.11. The van der Waals surface area contributed by atoms with Crippen LogP contribution in [0, 0.1) is 0 Å². The summed E-state index contributed by atoms with van der Waals surface area (Å²) >= 11 is 0. The van der Waals surface area contributed by atoms with E-state index >= 15 is 0 Å². The minimum atomic E-state index is -1.82. The van der Waals surface area contributed by atoms with Gasteiger partial charge in [-0.3, -0.25) is 0 Å². The molecule has 4 nitrogen and oxygen atoms in total. The van der Waals surface area contributed by atoms with Gasteiger partial charge >= 0.3 is 5.97 Å². The van der Waals surface area contributed by atoms with Crippen molar-refractivity contribution in [2.45, 2.75) is 56.9 Å². The van der Waals surface area contributed by atoms with Crippen LogP contribution in [0.5, 0.6) is 0 Å². The molecule has 1 fully saturated rings. The number of hydrogen-bond donors (Lipinski definition) is 1. The van der Waals surface area contributed by atoms with Gasteiger partial charge in [0, 0.05) is 12.8 Å². The molecule has 1 heterocycles. The molecule has 28 heavy (non-hydrogen) atoms. The summed E-state index contributed by atoms with van der Waals surface area (Å²) in [5.41, 5.74) is -0.811. The maximum Gasteiger partial charge on any atom is 0.347 e. The molecule has 2 unspecified atom stereocenters. The van der Waals surface area contributed by atoms with Crippen molar-refractivity contribution in [3.63, 3.8) is 0 Å². The molecular weight excluding hydrogens is 350 g/mol. The summed E-state index contributed by atoms with van der Waals surface area (Å²) in [6.45, 7) is 6.62. The van der Waals surface area contributed by atoms with Gasteiger partial charge in [-0.15, -0.1) is 0 Å². The van der Waals surface area contributed by atoms with E-state index in [4.69, 9.17) is 4.74 Å². The first-order chi connectivity index (χ1) is 13.1. The number of carbonyl (C=O) groups is 1. The van der Waals surface area contributed by atoms with Crippen molar-refractivity contribution in [2.75, 3.05) is 14.1 Å². The highest BCUT2D eigenvalue weighted by Gasteiger charge is 2.50. The van der Waals surface area contributed by atoms with Gasteiger partial charge in [0.2, 0.25) is 5.60 Å². The van der Waals surface area contributed by atoms with E-state index < -0.39 is 11.6 Å². The number of rotatable bonds is 4. The van der Waals surface area contributed by atoms with E-state index in [0.717, 1.165) is 17.3 Å². The SMILES string of the molecule is CC1CC(OC(=O)C(O)(c2ccccc2)c2ccccc2)CC(C)(C)[N+]1(C)C. The van der Waals surface area contributed by atoms with Gasteiger partial charge in [0.25, 0.3) is 0 Å². The third kappa shape index (κ3) is 3.47. The van der Waals surface area contributed by atoms with E-state index in [1.165, 1.54) is 0 Å². The van der Waals surface area contributed by atoms with Crippen LogP contribution in [-0.2, 0) is 15.1 Å². The third-order valence-electron chi connectivity index (χ3n) is 6.95. The third-order valence-corrected chi connectivity index (χ3v) is 6.95. The van der Waals surface area contributed by atoms with Crippen LogP contribution in [0.2, 0.25) is 0 Å². The van der Waals surface area contributed by atoms with Crippen LogP contribution in [0.25, 0.3) is 0 Å². The van der Waals surface area contributed by atoms with Gasteiger partial charge in [-0.1, -0.05) is 60.7 Å². The number of benzene rings is 2. The van der Waals surface area contributed by atoms with E-state index in [1.54, 1.807) is 24.3 Å². The number of hydrogen-bond acceptors (Lipinski definition) is 3. The molecule has 150 valence electrons. The quantitative estimate of drug-likeness (QED) is 0.645. The molecule has 0 radical (unpaired) electrons. The van der Waals surface area contributed by atoms with Gasteiger partial charge in [0.05, 0.1) is 25.7 Å². The number of nitrogens with zero attached hydrogens (tertiary/aromatic N) is 1. The minimum Gasteiger partial charge on any atom is -0.459 e. The predicted octanol–water partition coefficient (Wildman–Crippen LogP) is 3.87. The average molecular weight is 383 g/mol. The number of carbonyl (C=O) groups excluding carboxylic acids is 1. The molecule has 3 rings (SSSR count).